The molecule has 4 N–H and O–H groups in total. The van der Waals surface area contributed by atoms with Gasteiger partial charge in [0.25, 0.3) is 0 Å². The van der Waals surface area contributed by atoms with Crippen molar-refractivity contribution in [1.29, 1.82) is 0 Å². The molecule has 0 aromatic heterocycles. The summed E-state index contributed by atoms with van der Waals surface area (Å²) >= 11 is 0. The fourth-order valence-electron chi connectivity index (χ4n) is 0.781. The molecule has 3 nitrogen and oxygen atoms in total. The second-order valence-electron chi connectivity index (χ2n) is 2.36. The summed E-state index contributed by atoms with van der Waals surface area (Å²) in [5.74, 6) is -7.66. The Hall–Kier alpha value is -1.79. The molecule has 0 aliphatic heterocycles. The van der Waals surface area contributed by atoms with E-state index in [2.05, 4.69) is 4.99 Å². The van der Waals surface area contributed by atoms with Crippen LogP contribution in [-0.2, 0) is 0 Å². The number of aliphatic imine (C=N–C) groups is 1. The highest BCUT2D eigenvalue weighted by molar-refractivity contribution is 5.79. The minimum atomic E-state index is -1.95. The molecule has 0 saturated heterocycles. The van der Waals surface area contributed by atoms with Crippen LogP contribution < -0.4 is 11.5 Å². The fraction of sp³-hybridized carbons (Fsp3) is 0. The van der Waals surface area contributed by atoms with E-state index in [1.807, 2.05) is 0 Å². The highest BCUT2D eigenvalue weighted by atomic mass is 19.2. The molecule has 0 aliphatic rings. The maximum Gasteiger partial charge on any atom is 0.199 e. The van der Waals surface area contributed by atoms with Gasteiger partial charge in [0, 0.05) is 6.07 Å². The molecule has 0 atom stereocenters. The third-order valence-corrected chi connectivity index (χ3v) is 1.33. The lowest BCUT2D eigenvalue weighted by Gasteiger charge is -2.01. The van der Waals surface area contributed by atoms with Crippen LogP contribution in [0, 0.1) is 23.3 Å². The predicted molar refractivity (Wildman–Crippen MR) is 41.7 cm³/mol. The van der Waals surface area contributed by atoms with Crippen LogP contribution in [0.2, 0.25) is 0 Å². The van der Waals surface area contributed by atoms with Gasteiger partial charge in [0.1, 0.15) is 5.69 Å². The Bertz CT molecular complexity index is 398. The van der Waals surface area contributed by atoms with Crippen molar-refractivity contribution < 1.29 is 17.6 Å². The number of benzene rings is 1. The van der Waals surface area contributed by atoms with Crippen LogP contribution >= 0.6 is 0 Å². The first-order valence-electron chi connectivity index (χ1n) is 3.36. The summed E-state index contributed by atoms with van der Waals surface area (Å²) in [7, 11) is 0. The lowest BCUT2D eigenvalue weighted by molar-refractivity contribution is 0.410. The lowest BCUT2D eigenvalue weighted by Crippen LogP contribution is -2.22. The SMILES string of the molecule is NC(N)=Nc1cc(F)c(F)c(F)c1F. The second kappa shape index (κ2) is 3.52. The Kier molecular flexibility index (Phi) is 2.59. The molecule has 14 heavy (non-hydrogen) atoms. The largest absolute Gasteiger partial charge is 0.370 e. The number of nitrogens with zero attached hydrogens (tertiary/aromatic N) is 1. The van der Waals surface area contributed by atoms with Crippen LogP contribution in [0.4, 0.5) is 23.2 Å². The molecule has 1 aromatic carbocycles. The zero-order valence-electron chi connectivity index (χ0n) is 6.69. The molecule has 1 aromatic rings. The molecular formula is C7H5F4N3. The van der Waals surface area contributed by atoms with E-state index < -0.39 is 34.9 Å². The van der Waals surface area contributed by atoms with Gasteiger partial charge in [-0.1, -0.05) is 0 Å². The van der Waals surface area contributed by atoms with Gasteiger partial charge in [0.2, 0.25) is 0 Å². The third kappa shape index (κ3) is 1.76. The molecule has 0 unspecified atom stereocenters. The molecule has 0 spiro atoms. The van der Waals surface area contributed by atoms with Crippen molar-refractivity contribution in [2.24, 2.45) is 16.5 Å². The van der Waals surface area contributed by atoms with E-state index in [1.54, 1.807) is 0 Å². The van der Waals surface area contributed by atoms with Gasteiger partial charge in [0.15, 0.2) is 29.2 Å². The first-order valence-corrected chi connectivity index (χ1v) is 3.36. The van der Waals surface area contributed by atoms with E-state index >= 15 is 0 Å². The number of rotatable bonds is 1. The van der Waals surface area contributed by atoms with Crippen molar-refractivity contribution in [1.82, 2.24) is 0 Å². The maximum atomic E-state index is 12.8. The van der Waals surface area contributed by atoms with Crippen LogP contribution in [0.15, 0.2) is 11.1 Å². The highest BCUT2D eigenvalue weighted by Crippen LogP contribution is 2.24. The summed E-state index contributed by atoms with van der Waals surface area (Å²) < 4.78 is 50.3. The van der Waals surface area contributed by atoms with Gasteiger partial charge in [0.05, 0.1) is 0 Å². The average Bonchev–Trinajstić information content (AvgIpc) is 2.10. The number of hydrogen-bond acceptors (Lipinski definition) is 1. The van der Waals surface area contributed by atoms with Gasteiger partial charge in [-0.25, -0.2) is 22.6 Å². The molecule has 0 saturated carbocycles. The topological polar surface area (TPSA) is 64.4 Å². The monoisotopic (exact) mass is 207 g/mol. The van der Waals surface area contributed by atoms with Crippen molar-refractivity contribution >= 4 is 11.6 Å². The predicted octanol–water partition coefficient (Wildman–Crippen LogP) is 1.15. The molecule has 0 heterocycles. The van der Waals surface area contributed by atoms with Gasteiger partial charge in [-0.3, -0.25) is 0 Å². The number of halogens is 4. The highest BCUT2D eigenvalue weighted by Gasteiger charge is 2.18. The van der Waals surface area contributed by atoms with E-state index in [9.17, 15) is 17.6 Å². The van der Waals surface area contributed by atoms with E-state index in [0.29, 0.717) is 6.07 Å². The van der Waals surface area contributed by atoms with E-state index in [0.717, 1.165) is 0 Å². The van der Waals surface area contributed by atoms with Crippen LogP contribution in [0.5, 0.6) is 0 Å². The first kappa shape index (κ1) is 10.3. The van der Waals surface area contributed by atoms with Crippen molar-refractivity contribution in [3.8, 4) is 0 Å². The normalized spacial score (nSPS) is 10.0. The quantitative estimate of drug-likeness (QED) is 0.238. The van der Waals surface area contributed by atoms with E-state index in [-0.39, 0.29) is 0 Å². The summed E-state index contributed by atoms with van der Waals surface area (Å²) in [4.78, 5) is 3.07. The molecule has 0 bridgehead atoms. The number of guanidine groups is 1. The second-order valence-corrected chi connectivity index (χ2v) is 2.36. The first-order chi connectivity index (χ1) is 6.43. The Balaban J connectivity index is 3.41. The van der Waals surface area contributed by atoms with Gasteiger partial charge >= 0.3 is 0 Å². The van der Waals surface area contributed by atoms with Gasteiger partial charge in [-0.15, -0.1) is 0 Å². The fourth-order valence-corrected chi connectivity index (χ4v) is 0.781. The molecule has 0 amide bonds. The lowest BCUT2D eigenvalue weighted by atomic mass is 10.2. The minimum absolute atomic E-state index is 0.355. The Labute approximate surface area is 76.0 Å². The van der Waals surface area contributed by atoms with Crippen molar-refractivity contribution in [2.45, 2.75) is 0 Å². The molecule has 1 rings (SSSR count). The standard InChI is InChI=1S/C7H5F4N3/c8-2-1-3(14-7(12)13)5(10)6(11)4(2)9/h1H,(H4,12,13,14). The van der Waals surface area contributed by atoms with Gasteiger partial charge in [-0.05, 0) is 0 Å². The summed E-state index contributed by atoms with van der Waals surface area (Å²) in [5, 5.41) is 0. The number of nitrogens with two attached hydrogens (primary N) is 2. The zero-order chi connectivity index (χ0) is 10.9. The molecule has 0 radical (unpaired) electrons. The molecule has 0 fully saturated rings. The zero-order valence-corrected chi connectivity index (χ0v) is 6.69. The van der Waals surface area contributed by atoms with Crippen molar-refractivity contribution in [2.75, 3.05) is 0 Å². The molecule has 7 heteroatoms. The Morgan fingerprint density at radius 2 is 1.57 bits per heavy atom. The van der Waals surface area contributed by atoms with Crippen molar-refractivity contribution in [3.05, 3.63) is 29.3 Å². The van der Waals surface area contributed by atoms with E-state index in [4.69, 9.17) is 11.5 Å². The Morgan fingerprint density at radius 3 is 2.07 bits per heavy atom. The summed E-state index contributed by atoms with van der Waals surface area (Å²) in [6, 6.07) is 0.355. The van der Waals surface area contributed by atoms with Crippen molar-refractivity contribution in [3.63, 3.8) is 0 Å². The summed E-state index contributed by atoms with van der Waals surface area (Å²) in [5.41, 5.74) is 8.92. The van der Waals surface area contributed by atoms with Gasteiger partial charge in [-0.2, -0.15) is 0 Å². The summed E-state index contributed by atoms with van der Waals surface area (Å²) in [6.07, 6.45) is 0. The maximum absolute atomic E-state index is 12.8. The van der Waals surface area contributed by atoms with Gasteiger partial charge < -0.3 is 11.5 Å². The van der Waals surface area contributed by atoms with Crippen LogP contribution in [0.25, 0.3) is 0 Å². The summed E-state index contributed by atoms with van der Waals surface area (Å²) in [6.45, 7) is 0. The average molecular weight is 207 g/mol. The smallest absolute Gasteiger partial charge is 0.199 e. The molecule has 76 valence electrons. The molecule has 0 aliphatic carbocycles. The van der Waals surface area contributed by atoms with Crippen LogP contribution in [0.3, 0.4) is 0 Å². The molecular weight excluding hydrogens is 202 g/mol. The van der Waals surface area contributed by atoms with Crippen LogP contribution in [0.1, 0.15) is 0 Å². The van der Waals surface area contributed by atoms with Crippen LogP contribution in [-0.4, -0.2) is 5.96 Å². The minimum Gasteiger partial charge on any atom is -0.370 e. The third-order valence-electron chi connectivity index (χ3n) is 1.33. The van der Waals surface area contributed by atoms with E-state index in [1.165, 1.54) is 0 Å². The Morgan fingerprint density at radius 1 is 1.00 bits per heavy atom. The number of hydrogen-bond donors (Lipinski definition) is 2.